The van der Waals surface area contributed by atoms with Crippen molar-refractivity contribution in [1.82, 2.24) is 39.8 Å². The third-order valence-corrected chi connectivity index (χ3v) is 13.3. The van der Waals surface area contributed by atoms with Gasteiger partial charge in [-0.3, -0.25) is 48.8 Å². The Bertz CT molecular complexity index is 2660. The van der Waals surface area contributed by atoms with E-state index in [1.807, 2.05) is 32.8 Å². The van der Waals surface area contributed by atoms with Gasteiger partial charge in [0, 0.05) is 87.2 Å². The summed E-state index contributed by atoms with van der Waals surface area (Å²) in [5.41, 5.74) is 4.87. The van der Waals surface area contributed by atoms with Crippen LogP contribution in [0.25, 0.3) is 33.4 Å². The largest absolute Gasteiger partial charge is 0.379 e. The molecule has 10 rings (SSSR count). The van der Waals surface area contributed by atoms with E-state index in [0.29, 0.717) is 79.6 Å². The molecule has 0 aliphatic carbocycles. The predicted octanol–water partition coefficient (Wildman–Crippen LogP) is 5.14. The van der Waals surface area contributed by atoms with Gasteiger partial charge in [0.1, 0.15) is 17.7 Å². The highest BCUT2D eigenvalue weighted by atomic mass is 19.1. The lowest BCUT2D eigenvalue weighted by molar-refractivity contribution is -0.136. The smallest absolute Gasteiger partial charge is 0.262 e. The third-order valence-electron chi connectivity index (χ3n) is 13.3. The van der Waals surface area contributed by atoms with Gasteiger partial charge in [0.25, 0.3) is 11.8 Å². The molecule has 7 heterocycles. The number of benzene rings is 3. The molecule has 5 aliphatic rings. The first-order chi connectivity index (χ1) is 31.1. The maximum atomic E-state index is 15.4. The van der Waals surface area contributed by atoms with Crippen molar-refractivity contribution in [1.29, 1.82) is 0 Å². The molecule has 5 aliphatic heterocycles. The second-order valence-electron chi connectivity index (χ2n) is 17.4. The summed E-state index contributed by atoms with van der Waals surface area (Å²) in [4.78, 5) is 80.2. The van der Waals surface area contributed by atoms with Gasteiger partial charge in [0.15, 0.2) is 0 Å². The summed E-state index contributed by atoms with van der Waals surface area (Å²) in [7, 11) is 0. The average Bonchev–Trinajstić information content (AvgIpc) is 3.88. The summed E-state index contributed by atoms with van der Waals surface area (Å²) in [5.74, 6) is -2.73. The van der Waals surface area contributed by atoms with Gasteiger partial charge < -0.3 is 14.5 Å². The number of para-hydroxylation sites is 1. The molecule has 3 aromatic carbocycles. The van der Waals surface area contributed by atoms with Gasteiger partial charge in [-0.1, -0.05) is 12.1 Å². The molecule has 0 radical (unpaired) electrons. The summed E-state index contributed by atoms with van der Waals surface area (Å²) >= 11 is 0. The second kappa shape index (κ2) is 17.3. The number of hydrogen-bond donors (Lipinski definition) is 1. The zero-order chi connectivity index (χ0) is 44.1. The van der Waals surface area contributed by atoms with E-state index < -0.39 is 41.3 Å². The Kier molecular flexibility index (Phi) is 11.2. The molecule has 2 aromatic heterocycles. The number of carbonyl (C=O) groups is 5. The van der Waals surface area contributed by atoms with E-state index in [9.17, 15) is 24.0 Å². The van der Waals surface area contributed by atoms with Crippen molar-refractivity contribution in [3.63, 3.8) is 0 Å². The normalized spacial score (nSPS) is 20.0. The fourth-order valence-corrected chi connectivity index (χ4v) is 9.67. The number of anilines is 1. The van der Waals surface area contributed by atoms with E-state index in [0.717, 1.165) is 54.9 Å². The summed E-state index contributed by atoms with van der Waals surface area (Å²) in [6.07, 6.45) is 9.22. The molecule has 5 amide bonds. The molecule has 4 fully saturated rings. The quantitative estimate of drug-likeness (QED) is 0.175. The molecule has 4 saturated heterocycles. The Hall–Kier alpha value is -6.46. The number of morpholine rings is 1. The van der Waals surface area contributed by atoms with Gasteiger partial charge in [0.2, 0.25) is 17.7 Å². The number of hydrogen-bond acceptors (Lipinski definition) is 11. The van der Waals surface area contributed by atoms with Gasteiger partial charge in [-0.2, -0.15) is 5.10 Å². The number of piperidine rings is 2. The molecule has 1 N–H and O–H groups in total. The molecule has 17 heteroatoms. The van der Waals surface area contributed by atoms with E-state index in [2.05, 4.69) is 20.3 Å². The van der Waals surface area contributed by atoms with Crippen molar-refractivity contribution >= 4 is 46.3 Å². The fraction of sp³-hybridized carbons (Fsp3) is 0.404. The predicted molar refractivity (Wildman–Crippen MR) is 230 cm³/mol. The van der Waals surface area contributed by atoms with Crippen LogP contribution in [0.2, 0.25) is 0 Å². The standard InChI is InChI=1S/C47H47F2N9O6/c48-37-19-29(20-38(49)36(37)27-54-15-17-64-18-16-54)33-4-2-5-39-44(33)52-40(23-50-39)30-22-51-57(26-30)31-11-13-55(14-12-31)43(60)6-1-3-28-24-56(25-28)32-7-8-34-35(21-32)47(63)58(46(34)62)41-9-10-42(59)53-45(41)61/h2,4-5,7-8,19-23,26,28,31,41H,1,3,6,9-18,24-25,27H2,(H,53,59,61). The number of amides is 5. The Morgan fingerprint density at radius 1 is 0.844 bits per heavy atom. The van der Waals surface area contributed by atoms with Gasteiger partial charge in [0.05, 0.1) is 59.5 Å². The molecular formula is C47H47F2N9O6. The van der Waals surface area contributed by atoms with Crippen molar-refractivity contribution in [2.24, 2.45) is 5.92 Å². The van der Waals surface area contributed by atoms with Crippen LogP contribution in [0.1, 0.15) is 77.3 Å². The highest BCUT2D eigenvalue weighted by molar-refractivity contribution is 6.23. The minimum Gasteiger partial charge on any atom is -0.379 e. The number of carbonyl (C=O) groups excluding carboxylic acids is 5. The topological polar surface area (TPSA) is 163 Å². The Balaban J connectivity index is 0.701. The van der Waals surface area contributed by atoms with Gasteiger partial charge in [-0.25, -0.2) is 13.8 Å². The molecule has 0 bridgehead atoms. The van der Waals surface area contributed by atoms with Crippen LogP contribution in [-0.2, 0) is 25.7 Å². The van der Waals surface area contributed by atoms with Crippen molar-refractivity contribution < 1.29 is 37.5 Å². The van der Waals surface area contributed by atoms with Crippen LogP contribution in [-0.4, -0.2) is 123 Å². The number of likely N-dealkylation sites (tertiary alicyclic amines) is 1. The van der Waals surface area contributed by atoms with Gasteiger partial charge >= 0.3 is 0 Å². The van der Waals surface area contributed by atoms with Crippen molar-refractivity contribution in [3.8, 4) is 22.4 Å². The molecule has 1 atom stereocenters. The Labute approximate surface area is 367 Å². The number of aromatic nitrogens is 4. The van der Waals surface area contributed by atoms with Crippen molar-refractivity contribution in [2.45, 2.75) is 63.6 Å². The van der Waals surface area contributed by atoms with Crippen LogP contribution >= 0.6 is 0 Å². The second-order valence-corrected chi connectivity index (χ2v) is 17.4. The lowest BCUT2D eigenvalue weighted by atomic mass is 9.92. The van der Waals surface area contributed by atoms with Gasteiger partial charge in [-0.15, -0.1) is 0 Å². The lowest BCUT2D eigenvalue weighted by Gasteiger charge is -2.41. The molecule has 0 spiro atoms. The highest BCUT2D eigenvalue weighted by Gasteiger charge is 2.45. The minimum absolute atomic E-state index is 0.0402. The lowest BCUT2D eigenvalue weighted by Crippen LogP contribution is -2.54. The zero-order valence-electron chi connectivity index (χ0n) is 35.2. The molecule has 64 heavy (non-hydrogen) atoms. The summed E-state index contributed by atoms with van der Waals surface area (Å²) in [6, 6.07) is 12.4. The number of rotatable bonds is 11. The summed E-state index contributed by atoms with van der Waals surface area (Å²) in [6.45, 7) is 5.33. The Morgan fingerprint density at radius 2 is 1.61 bits per heavy atom. The maximum Gasteiger partial charge on any atom is 0.262 e. The van der Waals surface area contributed by atoms with E-state index in [-0.39, 0.29) is 48.0 Å². The van der Waals surface area contributed by atoms with Crippen LogP contribution in [0.5, 0.6) is 0 Å². The molecule has 1 unspecified atom stereocenters. The first-order valence-corrected chi connectivity index (χ1v) is 22.0. The summed E-state index contributed by atoms with van der Waals surface area (Å²) in [5, 5.41) is 6.89. The molecule has 5 aromatic rings. The van der Waals surface area contributed by atoms with Crippen LogP contribution in [0.4, 0.5) is 14.5 Å². The number of ether oxygens (including phenoxy) is 1. The number of fused-ring (bicyclic) bond motifs is 2. The first-order valence-electron chi connectivity index (χ1n) is 22.0. The van der Waals surface area contributed by atoms with E-state index in [1.54, 1.807) is 36.7 Å². The van der Waals surface area contributed by atoms with Crippen LogP contribution in [0, 0.1) is 17.6 Å². The molecular weight excluding hydrogens is 825 g/mol. The summed E-state index contributed by atoms with van der Waals surface area (Å²) < 4.78 is 38.1. The van der Waals surface area contributed by atoms with E-state index >= 15 is 8.78 Å². The van der Waals surface area contributed by atoms with Gasteiger partial charge in [-0.05, 0) is 80.0 Å². The number of nitrogens with one attached hydrogen (secondary N) is 1. The van der Waals surface area contributed by atoms with Crippen LogP contribution < -0.4 is 10.2 Å². The first kappa shape index (κ1) is 41.5. The van der Waals surface area contributed by atoms with Crippen LogP contribution in [0.3, 0.4) is 0 Å². The highest BCUT2D eigenvalue weighted by Crippen LogP contribution is 2.35. The Morgan fingerprint density at radius 3 is 2.38 bits per heavy atom. The third kappa shape index (κ3) is 8.02. The van der Waals surface area contributed by atoms with E-state index in [4.69, 9.17) is 9.72 Å². The molecule has 0 saturated carbocycles. The monoisotopic (exact) mass is 871 g/mol. The average molecular weight is 872 g/mol. The molecule has 15 nitrogen and oxygen atoms in total. The van der Waals surface area contributed by atoms with Crippen molar-refractivity contribution in [3.05, 3.63) is 95.4 Å². The number of halogens is 2. The molecule has 330 valence electrons. The fourth-order valence-electron chi connectivity index (χ4n) is 9.67. The van der Waals surface area contributed by atoms with E-state index in [1.165, 1.54) is 12.1 Å². The van der Waals surface area contributed by atoms with Crippen molar-refractivity contribution in [2.75, 3.05) is 57.4 Å². The SMILES string of the molecule is O=C1CCC(N2C(=O)c3ccc(N4CC(CCCC(=O)N5CCC(n6cc(-c7cnc8cccc(-c9cc(F)c(CN%10CCOCC%10)c(F)c9)c8n7)cn6)CC5)C4)cc3C2=O)C(=O)N1. The number of nitrogens with zero attached hydrogens (tertiary/aromatic N) is 8. The zero-order valence-corrected chi connectivity index (χ0v) is 35.2. The minimum atomic E-state index is -0.998. The number of imide groups is 2. The maximum absolute atomic E-state index is 15.4. The van der Waals surface area contributed by atoms with Crippen LogP contribution in [0.15, 0.2) is 67.1 Å².